The Labute approximate surface area is 124 Å². The highest BCUT2D eigenvalue weighted by molar-refractivity contribution is 5.78. The molecule has 3 rings (SSSR count). The Morgan fingerprint density at radius 1 is 1.00 bits per heavy atom. The molecule has 21 heavy (non-hydrogen) atoms. The zero-order valence-corrected chi connectivity index (χ0v) is 12.3. The van der Waals surface area contributed by atoms with E-state index in [0.717, 1.165) is 39.2 Å². The topological polar surface area (TPSA) is 48.1 Å². The van der Waals surface area contributed by atoms with Crippen molar-refractivity contribution in [3.63, 3.8) is 0 Å². The van der Waals surface area contributed by atoms with Gasteiger partial charge in [0.1, 0.15) is 12.4 Å². The molecule has 3 heteroatoms. The second-order valence-corrected chi connectivity index (χ2v) is 5.21. The number of para-hydroxylation sites is 1. The summed E-state index contributed by atoms with van der Waals surface area (Å²) in [5.74, 6) is 0.852. The molecule has 0 aliphatic carbocycles. The zero-order chi connectivity index (χ0) is 14.8. The number of fused-ring (bicyclic) bond motifs is 1. The third kappa shape index (κ3) is 2.68. The fraction of sp³-hybridized carbons (Fsp3) is 0.167. The van der Waals surface area contributed by atoms with Gasteiger partial charge in [-0.3, -0.25) is 0 Å². The molecule has 0 unspecified atom stereocenters. The number of aryl methyl sites for hydroxylation is 1. The van der Waals surface area contributed by atoms with E-state index in [-0.39, 0.29) is 0 Å². The Morgan fingerprint density at radius 2 is 1.81 bits per heavy atom. The molecule has 3 nitrogen and oxygen atoms in total. The highest BCUT2D eigenvalue weighted by Gasteiger charge is 2.08. The van der Waals surface area contributed by atoms with Gasteiger partial charge >= 0.3 is 0 Å². The van der Waals surface area contributed by atoms with Crippen LogP contribution < -0.4 is 10.5 Å². The summed E-state index contributed by atoms with van der Waals surface area (Å²) < 4.78 is 5.94. The maximum Gasteiger partial charge on any atom is 0.130 e. The van der Waals surface area contributed by atoms with Gasteiger partial charge in [0.25, 0.3) is 0 Å². The van der Waals surface area contributed by atoms with Gasteiger partial charge < -0.3 is 10.5 Å². The Hall–Kier alpha value is -2.55. The molecule has 0 fully saturated rings. The summed E-state index contributed by atoms with van der Waals surface area (Å²) in [6.07, 6.45) is 0. The number of nitrogen functional groups attached to an aromatic ring is 1. The van der Waals surface area contributed by atoms with Crippen molar-refractivity contribution in [2.75, 3.05) is 5.73 Å². The lowest BCUT2D eigenvalue weighted by Gasteiger charge is -2.13. The van der Waals surface area contributed by atoms with E-state index in [4.69, 9.17) is 10.5 Å². The standard InChI is InChI=1S/C18H18N2O/c1-12-7-10-16(19)13(2)18(12)21-11-15-9-8-14-5-3-4-6-17(14)20-15/h3-10H,11,19H2,1-2H3. The predicted octanol–water partition coefficient (Wildman–Crippen LogP) is 4.01. The van der Waals surface area contributed by atoms with Gasteiger partial charge in [-0.1, -0.05) is 30.3 Å². The predicted molar refractivity (Wildman–Crippen MR) is 86.4 cm³/mol. The van der Waals surface area contributed by atoms with E-state index in [1.807, 2.05) is 50.2 Å². The number of rotatable bonds is 3. The average Bonchev–Trinajstić information content (AvgIpc) is 2.51. The van der Waals surface area contributed by atoms with Crippen molar-refractivity contribution in [2.45, 2.75) is 20.5 Å². The van der Waals surface area contributed by atoms with Gasteiger partial charge in [0, 0.05) is 16.6 Å². The van der Waals surface area contributed by atoms with Gasteiger partial charge in [-0.2, -0.15) is 0 Å². The third-order valence-electron chi connectivity index (χ3n) is 3.67. The minimum Gasteiger partial charge on any atom is -0.487 e. The van der Waals surface area contributed by atoms with E-state index in [2.05, 4.69) is 17.1 Å². The Balaban J connectivity index is 1.85. The van der Waals surface area contributed by atoms with Crippen LogP contribution in [-0.2, 0) is 6.61 Å². The summed E-state index contributed by atoms with van der Waals surface area (Å²) in [4.78, 5) is 4.62. The fourth-order valence-electron chi connectivity index (χ4n) is 2.40. The number of hydrogen-bond acceptors (Lipinski definition) is 3. The SMILES string of the molecule is Cc1ccc(N)c(C)c1OCc1ccc2ccccc2n1. The van der Waals surface area contributed by atoms with Crippen molar-refractivity contribution in [1.29, 1.82) is 0 Å². The molecule has 0 aliphatic heterocycles. The minimum absolute atomic E-state index is 0.440. The molecule has 0 bridgehead atoms. The number of pyridine rings is 1. The number of ether oxygens (including phenoxy) is 1. The molecule has 2 N–H and O–H groups in total. The second kappa shape index (κ2) is 5.44. The van der Waals surface area contributed by atoms with E-state index in [0.29, 0.717) is 6.61 Å². The average molecular weight is 278 g/mol. The maximum atomic E-state index is 5.94. The van der Waals surface area contributed by atoms with Crippen LogP contribution in [0.1, 0.15) is 16.8 Å². The number of nitrogens with two attached hydrogens (primary N) is 1. The lowest BCUT2D eigenvalue weighted by molar-refractivity contribution is 0.298. The highest BCUT2D eigenvalue weighted by atomic mass is 16.5. The molecule has 0 saturated carbocycles. The van der Waals surface area contributed by atoms with Crippen LogP contribution in [0, 0.1) is 13.8 Å². The molecule has 0 atom stereocenters. The van der Waals surface area contributed by atoms with Gasteiger partial charge in [-0.15, -0.1) is 0 Å². The molecule has 1 aromatic heterocycles. The van der Waals surface area contributed by atoms with E-state index in [1.54, 1.807) is 0 Å². The molecule has 0 amide bonds. The monoisotopic (exact) mass is 278 g/mol. The molecule has 2 aromatic carbocycles. The Bertz CT molecular complexity index is 796. The number of nitrogens with zero attached hydrogens (tertiary/aromatic N) is 1. The van der Waals surface area contributed by atoms with Crippen molar-refractivity contribution < 1.29 is 4.74 Å². The van der Waals surface area contributed by atoms with Crippen LogP contribution in [0.25, 0.3) is 10.9 Å². The maximum absolute atomic E-state index is 5.94. The normalized spacial score (nSPS) is 10.8. The summed E-state index contributed by atoms with van der Waals surface area (Å²) in [5.41, 5.74) is 10.7. The number of aromatic nitrogens is 1. The largest absolute Gasteiger partial charge is 0.487 e. The van der Waals surface area contributed by atoms with Gasteiger partial charge in [-0.05, 0) is 37.6 Å². The van der Waals surface area contributed by atoms with E-state index < -0.39 is 0 Å². The third-order valence-corrected chi connectivity index (χ3v) is 3.67. The smallest absolute Gasteiger partial charge is 0.130 e. The minimum atomic E-state index is 0.440. The second-order valence-electron chi connectivity index (χ2n) is 5.21. The van der Waals surface area contributed by atoms with Crippen LogP contribution >= 0.6 is 0 Å². The molecule has 0 spiro atoms. The van der Waals surface area contributed by atoms with Crippen LogP contribution in [0.3, 0.4) is 0 Å². The van der Waals surface area contributed by atoms with Crippen LogP contribution in [-0.4, -0.2) is 4.98 Å². The molecule has 0 aliphatic rings. The molecular weight excluding hydrogens is 260 g/mol. The highest BCUT2D eigenvalue weighted by Crippen LogP contribution is 2.28. The van der Waals surface area contributed by atoms with Crippen molar-refractivity contribution in [2.24, 2.45) is 0 Å². The van der Waals surface area contributed by atoms with Crippen LogP contribution in [0.5, 0.6) is 5.75 Å². The number of anilines is 1. The Morgan fingerprint density at radius 3 is 2.67 bits per heavy atom. The van der Waals surface area contributed by atoms with E-state index in [9.17, 15) is 0 Å². The molecular formula is C18H18N2O. The molecule has 0 saturated heterocycles. The molecule has 1 heterocycles. The van der Waals surface area contributed by atoms with E-state index in [1.165, 1.54) is 0 Å². The molecule has 106 valence electrons. The van der Waals surface area contributed by atoms with Crippen molar-refractivity contribution >= 4 is 16.6 Å². The number of hydrogen-bond donors (Lipinski definition) is 1. The summed E-state index contributed by atoms with van der Waals surface area (Å²) in [6, 6.07) is 16.0. The summed E-state index contributed by atoms with van der Waals surface area (Å²) in [5, 5.41) is 1.14. The lowest BCUT2D eigenvalue weighted by atomic mass is 10.1. The summed E-state index contributed by atoms with van der Waals surface area (Å²) in [7, 11) is 0. The first-order valence-electron chi connectivity index (χ1n) is 6.98. The zero-order valence-electron chi connectivity index (χ0n) is 12.3. The fourth-order valence-corrected chi connectivity index (χ4v) is 2.40. The lowest BCUT2D eigenvalue weighted by Crippen LogP contribution is -2.02. The van der Waals surface area contributed by atoms with Crippen LogP contribution in [0.4, 0.5) is 5.69 Å². The van der Waals surface area contributed by atoms with Crippen LogP contribution in [0.2, 0.25) is 0 Å². The quantitative estimate of drug-likeness (QED) is 0.736. The van der Waals surface area contributed by atoms with Gasteiger partial charge in [0.15, 0.2) is 0 Å². The van der Waals surface area contributed by atoms with Crippen molar-refractivity contribution in [3.05, 3.63) is 65.4 Å². The first-order valence-corrected chi connectivity index (χ1v) is 6.98. The summed E-state index contributed by atoms with van der Waals surface area (Å²) >= 11 is 0. The van der Waals surface area contributed by atoms with Gasteiger partial charge in [0.2, 0.25) is 0 Å². The van der Waals surface area contributed by atoms with Crippen molar-refractivity contribution in [3.8, 4) is 5.75 Å². The summed E-state index contributed by atoms with van der Waals surface area (Å²) in [6.45, 7) is 4.44. The first-order chi connectivity index (χ1) is 10.1. The van der Waals surface area contributed by atoms with Crippen LogP contribution in [0.15, 0.2) is 48.5 Å². The van der Waals surface area contributed by atoms with Gasteiger partial charge in [-0.25, -0.2) is 4.98 Å². The van der Waals surface area contributed by atoms with Gasteiger partial charge in [0.05, 0.1) is 11.2 Å². The first kappa shape index (κ1) is 13.4. The van der Waals surface area contributed by atoms with Crippen molar-refractivity contribution in [1.82, 2.24) is 4.98 Å². The molecule has 0 radical (unpaired) electrons. The number of benzene rings is 2. The Kier molecular flexibility index (Phi) is 3.48. The molecule has 3 aromatic rings. The van der Waals surface area contributed by atoms with E-state index >= 15 is 0 Å².